The van der Waals surface area contributed by atoms with E-state index < -0.39 is 0 Å². The normalized spacial score (nSPS) is 18.4. The first-order valence-corrected chi connectivity index (χ1v) is 11.2. The zero-order valence-electron chi connectivity index (χ0n) is 14.9. The summed E-state index contributed by atoms with van der Waals surface area (Å²) in [5.41, 5.74) is 1.12. The van der Waals surface area contributed by atoms with Crippen LogP contribution in [0.2, 0.25) is 0 Å². The predicted octanol–water partition coefficient (Wildman–Crippen LogP) is 4.94. The van der Waals surface area contributed by atoms with E-state index in [1.807, 2.05) is 16.0 Å². The monoisotopic (exact) mass is 405 g/mol. The van der Waals surface area contributed by atoms with Crippen LogP contribution in [0.1, 0.15) is 37.1 Å². The molecule has 5 nitrogen and oxygen atoms in total. The van der Waals surface area contributed by atoms with Crippen LogP contribution in [0, 0.1) is 3.95 Å². The predicted molar refractivity (Wildman–Crippen MR) is 113 cm³/mol. The van der Waals surface area contributed by atoms with Crippen LogP contribution < -0.4 is 5.32 Å². The van der Waals surface area contributed by atoms with E-state index >= 15 is 0 Å². The number of nitrogens with one attached hydrogen (secondary N) is 1. The second-order valence-electron chi connectivity index (χ2n) is 6.68. The Bertz CT molecular complexity index is 895. The molecule has 1 atom stereocenters. The summed E-state index contributed by atoms with van der Waals surface area (Å²) in [5.74, 6) is 0.506. The highest BCUT2D eigenvalue weighted by Gasteiger charge is 2.24. The molecule has 0 bridgehead atoms. The summed E-state index contributed by atoms with van der Waals surface area (Å²) in [5, 5.41) is 10.2. The van der Waals surface area contributed by atoms with Crippen molar-refractivity contribution in [2.24, 2.45) is 0 Å². The Morgan fingerprint density at radius 1 is 1.31 bits per heavy atom. The first kappa shape index (κ1) is 18.0. The average Bonchev–Trinajstić information content (AvgIpc) is 3.24. The fraction of sp³-hybridized carbons (Fsp3) is 0.500. The van der Waals surface area contributed by atoms with Gasteiger partial charge in [-0.15, -0.1) is 16.4 Å². The van der Waals surface area contributed by atoms with E-state index in [0.29, 0.717) is 5.92 Å². The number of fused-ring (bicyclic) bond motifs is 1. The van der Waals surface area contributed by atoms with E-state index in [2.05, 4.69) is 46.5 Å². The lowest BCUT2D eigenvalue weighted by Gasteiger charge is -2.31. The van der Waals surface area contributed by atoms with Crippen LogP contribution in [0.4, 0.5) is 5.13 Å². The van der Waals surface area contributed by atoms with Crippen LogP contribution in [-0.4, -0.2) is 39.3 Å². The summed E-state index contributed by atoms with van der Waals surface area (Å²) < 4.78 is 4.08. The van der Waals surface area contributed by atoms with Gasteiger partial charge < -0.3 is 5.32 Å². The van der Waals surface area contributed by atoms with E-state index in [0.717, 1.165) is 47.3 Å². The molecule has 0 saturated carbocycles. The SMILES string of the molecule is CCCNc1nn(CN2CCC[C@H](c3nc4ccccc4s3)C2)c(=S)s1. The zero-order valence-corrected chi connectivity index (χ0v) is 17.3. The number of nitrogens with zero attached hydrogens (tertiary/aromatic N) is 4. The molecule has 0 radical (unpaired) electrons. The molecule has 8 heteroatoms. The maximum atomic E-state index is 5.50. The summed E-state index contributed by atoms with van der Waals surface area (Å²) in [4.78, 5) is 7.33. The number of para-hydroxylation sites is 1. The molecule has 1 N–H and O–H groups in total. The van der Waals surface area contributed by atoms with Crippen molar-refractivity contribution in [2.75, 3.05) is 25.0 Å². The minimum absolute atomic E-state index is 0.506. The summed E-state index contributed by atoms with van der Waals surface area (Å²) in [7, 11) is 0. The average molecular weight is 406 g/mol. The van der Waals surface area contributed by atoms with Gasteiger partial charge in [0.05, 0.1) is 21.9 Å². The number of rotatable bonds is 6. The Labute approximate surface area is 166 Å². The number of hydrogen-bond donors (Lipinski definition) is 1. The van der Waals surface area contributed by atoms with Crippen molar-refractivity contribution in [3.63, 3.8) is 0 Å². The number of benzene rings is 1. The Morgan fingerprint density at radius 3 is 3.04 bits per heavy atom. The van der Waals surface area contributed by atoms with Gasteiger partial charge in [-0.05, 0) is 50.2 Å². The number of piperidine rings is 1. The van der Waals surface area contributed by atoms with Crippen LogP contribution in [0.3, 0.4) is 0 Å². The quantitative estimate of drug-likeness (QED) is 0.588. The molecule has 1 aliphatic heterocycles. The van der Waals surface area contributed by atoms with Crippen molar-refractivity contribution in [1.29, 1.82) is 0 Å². The highest BCUT2D eigenvalue weighted by atomic mass is 32.1. The van der Waals surface area contributed by atoms with Crippen LogP contribution in [0.5, 0.6) is 0 Å². The number of thiazole rings is 1. The van der Waals surface area contributed by atoms with Gasteiger partial charge in [-0.25, -0.2) is 9.67 Å². The van der Waals surface area contributed by atoms with Crippen LogP contribution >= 0.6 is 34.9 Å². The summed E-state index contributed by atoms with van der Waals surface area (Å²) in [6.07, 6.45) is 3.49. The third-order valence-electron chi connectivity index (χ3n) is 4.63. The molecular formula is C18H23N5S3. The maximum Gasteiger partial charge on any atom is 0.204 e. The second kappa shape index (κ2) is 8.12. The molecular weight excluding hydrogens is 382 g/mol. The standard InChI is InChI=1S/C18H23N5S3/c1-2-9-19-17-21-23(18(24)26-17)12-22-10-5-6-13(11-22)16-20-14-7-3-4-8-15(14)25-16/h3-4,7-8,13H,2,5-6,9-12H2,1H3,(H,19,21)/t13-/m0/s1. The molecule has 1 aliphatic rings. The smallest absolute Gasteiger partial charge is 0.204 e. The largest absolute Gasteiger partial charge is 0.360 e. The van der Waals surface area contributed by atoms with Crippen LogP contribution in [0.15, 0.2) is 24.3 Å². The van der Waals surface area contributed by atoms with E-state index in [1.54, 1.807) is 11.3 Å². The molecule has 0 aliphatic carbocycles. The van der Waals surface area contributed by atoms with Gasteiger partial charge in [0.2, 0.25) is 5.13 Å². The van der Waals surface area contributed by atoms with Gasteiger partial charge in [-0.2, -0.15) is 0 Å². The topological polar surface area (TPSA) is 46.0 Å². The number of anilines is 1. The van der Waals surface area contributed by atoms with Gasteiger partial charge in [-0.1, -0.05) is 30.4 Å². The molecule has 4 rings (SSSR count). The fourth-order valence-corrected chi connectivity index (χ4v) is 5.45. The van der Waals surface area contributed by atoms with Gasteiger partial charge in [-0.3, -0.25) is 4.90 Å². The van der Waals surface area contributed by atoms with Gasteiger partial charge >= 0.3 is 0 Å². The van der Waals surface area contributed by atoms with E-state index in [-0.39, 0.29) is 0 Å². The first-order chi connectivity index (χ1) is 12.7. The molecule has 1 aromatic carbocycles. The lowest BCUT2D eigenvalue weighted by molar-refractivity contribution is 0.157. The first-order valence-electron chi connectivity index (χ1n) is 9.12. The van der Waals surface area contributed by atoms with Crippen molar-refractivity contribution in [3.8, 4) is 0 Å². The van der Waals surface area contributed by atoms with Gasteiger partial charge in [0.15, 0.2) is 3.95 Å². The second-order valence-corrected chi connectivity index (χ2v) is 9.36. The fourth-order valence-electron chi connectivity index (χ4n) is 3.34. The van der Waals surface area contributed by atoms with Gasteiger partial charge in [0.1, 0.15) is 0 Å². The number of aromatic nitrogens is 3. The van der Waals surface area contributed by atoms with Crippen molar-refractivity contribution in [2.45, 2.75) is 38.8 Å². The molecule has 138 valence electrons. The highest BCUT2D eigenvalue weighted by Crippen LogP contribution is 2.33. The number of likely N-dealkylation sites (tertiary alicyclic amines) is 1. The van der Waals surface area contributed by atoms with Crippen molar-refractivity contribution in [1.82, 2.24) is 19.7 Å². The third-order valence-corrected chi connectivity index (χ3v) is 7.10. The van der Waals surface area contributed by atoms with Gasteiger partial charge in [0, 0.05) is 19.0 Å². The maximum absolute atomic E-state index is 5.50. The van der Waals surface area contributed by atoms with Crippen LogP contribution in [0.25, 0.3) is 10.2 Å². The zero-order chi connectivity index (χ0) is 17.9. The van der Waals surface area contributed by atoms with Gasteiger partial charge in [0.25, 0.3) is 0 Å². The third kappa shape index (κ3) is 3.98. The minimum atomic E-state index is 0.506. The lowest BCUT2D eigenvalue weighted by atomic mass is 9.99. The summed E-state index contributed by atoms with van der Waals surface area (Å²) in [6, 6.07) is 8.42. The Balaban J connectivity index is 1.45. The molecule has 1 fully saturated rings. The molecule has 1 saturated heterocycles. The Hall–Kier alpha value is -1.35. The molecule has 2 aromatic heterocycles. The van der Waals surface area contributed by atoms with E-state index in [9.17, 15) is 0 Å². The summed E-state index contributed by atoms with van der Waals surface area (Å²) >= 11 is 8.90. The number of hydrogen-bond acceptors (Lipinski definition) is 7. The molecule has 0 amide bonds. The molecule has 26 heavy (non-hydrogen) atoms. The van der Waals surface area contributed by atoms with Crippen molar-refractivity contribution < 1.29 is 0 Å². The van der Waals surface area contributed by atoms with Crippen molar-refractivity contribution >= 4 is 50.2 Å². The van der Waals surface area contributed by atoms with E-state index in [1.165, 1.54) is 22.5 Å². The van der Waals surface area contributed by atoms with Crippen molar-refractivity contribution in [3.05, 3.63) is 33.2 Å². The molecule has 0 spiro atoms. The molecule has 3 aromatic rings. The Kier molecular flexibility index (Phi) is 5.63. The Morgan fingerprint density at radius 2 is 2.19 bits per heavy atom. The minimum Gasteiger partial charge on any atom is -0.360 e. The van der Waals surface area contributed by atoms with E-state index in [4.69, 9.17) is 17.2 Å². The lowest BCUT2D eigenvalue weighted by Crippen LogP contribution is -2.36. The molecule has 3 heterocycles. The summed E-state index contributed by atoms with van der Waals surface area (Å²) in [6.45, 7) is 5.98. The van der Waals surface area contributed by atoms with Crippen LogP contribution in [-0.2, 0) is 6.67 Å². The highest BCUT2D eigenvalue weighted by molar-refractivity contribution is 7.73. The molecule has 0 unspecified atom stereocenters.